The maximum atomic E-state index is 6.53. The Kier molecular flexibility index (Phi) is 3.04. The van der Waals surface area contributed by atoms with Crippen molar-refractivity contribution < 1.29 is 15.0 Å². The van der Waals surface area contributed by atoms with Gasteiger partial charge in [0.05, 0.1) is 0 Å². The van der Waals surface area contributed by atoms with Gasteiger partial charge in [-0.1, -0.05) is 0 Å². The summed E-state index contributed by atoms with van der Waals surface area (Å²) in [7, 11) is 6.53. The summed E-state index contributed by atoms with van der Waals surface area (Å²) in [4.78, 5) is 0. The van der Waals surface area contributed by atoms with Crippen molar-refractivity contribution in [1.82, 2.24) is 0 Å². The van der Waals surface area contributed by atoms with Crippen LogP contribution in [0.25, 0.3) is 0 Å². The Morgan fingerprint density at radius 2 is 2.08 bits per heavy atom. The maximum absolute atomic E-state index is 6.53. The van der Waals surface area contributed by atoms with Gasteiger partial charge in [0.25, 0.3) is 0 Å². The van der Waals surface area contributed by atoms with E-state index < -0.39 is 15.0 Å². The molecule has 0 aliphatic heterocycles. The van der Waals surface area contributed by atoms with Crippen LogP contribution in [-0.2, 0) is 15.0 Å². The van der Waals surface area contributed by atoms with Crippen molar-refractivity contribution in [3.05, 3.63) is 22.4 Å². The van der Waals surface area contributed by atoms with Crippen molar-refractivity contribution in [3.8, 4) is 0 Å². The second-order valence-electron chi connectivity index (χ2n) is 3.34. The van der Waals surface area contributed by atoms with Crippen LogP contribution in [0.2, 0.25) is 4.51 Å². The molecule has 0 amide bonds. The van der Waals surface area contributed by atoms with Gasteiger partial charge in [0.1, 0.15) is 0 Å². The van der Waals surface area contributed by atoms with Gasteiger partial charge in [-0.05, 0) is 0 Å². The molecule has 2 rings (SSSR count). The third-order valence-electron chi connectivity index (χ3n) is 2.46. The molecular formula is C10H14ClRu. The fraction of sp³-hybridized carbons (Fsp3) is 0.600. The van der Waals surface area contributed by atoms with E-state index in [1.807, 2.05) is 0 Å². The molecular weight excluding hydrogens is 257 g/mol. The topological polar surface area (TPSA) is 0 Å². The molecule has 12 heavy (non-hydrogen) atoms. The second kappa shape index (κ2) is 4.07. The van der Waals surface area contributed by atoms with E-state index in [0.29, 0.717) is 0 Å². The minimum atomic E-state index is -1.08. The van der Waals surface area contributed by atoms with Gasteiger partial charge in [0, 0.05) is 0 Å². The molecule has 0 radical (unpaired) electrons. The normalized spacial score (nSPS) is 24.8. The fourth-order valence-electron chi connectivity index (χ4n) is 1.77. The standard InChI is InChI=1S/C5H9.C5H5.ClH.Ru/c2*1-2-4-5-3-1;;/h1H,2-5H2;1-3H,4H2;1H;/q;;;+1/p-1. The fourth-order valence-corrected chi connectivity index (χ4v) is 6.76. The van der Waals surface area contributed by atoms with Crippen molar-refractivity contribution in [3.63, 3.8) is 0 Å². The summed E-state index contributed by atoms with van der Waals surface area (Å²) >= 11 is -1.08. The number of allylic oxidation sites excluding steroid dienone is 4. The van der Waals surface area contributed by atoms with Crippen molar-refractivity contribution >= 4 is 9.69 Å². The van der Waals surface area contributed by atoms with Gasteiger partial charge in [-0.3, -0.25) is 0 Å². The number of halogens is 1. The molecule has 1 saturated carbocycles. The van der Waals surface area contributed by atoms with Crippen LogP contribution in [0.4, 0.5) is 0 Å². The Morgan fingerprint density at radius 3 is 2.67 bits per heavy atom. The number of hydrogen-bond donors (Lipinski definition) is 0. The average Bonchev–Trinajstić information content (AvgIpc) is 2.77. The van der Waals surface area contributed by atoms with E-state index in [4.69, 9.17) is 9.69 Å². The summed E-state index contributed by atoms with van der Waals surface area (Å²) in [5.74, 6) is 0. The molecule has 0 atom stereocenters. The second-order valence-corrected chi connectivity index (χ2v) is 8.79. The third kappa shape index (κ3) is 1.83. The summed E-state index contributed by atoms with van der Waals surface area (Å²) in [6.07, 6.45) is 13.4. The Balaban J connectivity index is 1.94. The zero-order chi connectivity index (χ0) is 8.39. The summed E-state index contributed by atoms with van der Waals surface area (Å²) in [6.45, 7) is 0. The van der Waals surface area contributed by atoms with Crippen LogP contribution in [0.5, 0.6) is 0 Å². The van der Waals surface area contributed by atoms with Gasteiger partial charge >= 0.3 is 83.7 Å². The zero-order valence-corrected chi connectivity index (χ0v) is 9.57. The summed E-state index contributed by atoms with van der Waals surface area (Å²) in [5, 5.41) is 0. The van der Waals surface area contributed by atoms with Crippen LogP contribution in [-0.4, -0.2) is 0 Å². The Bertz CT molecular complexity index is 214. The molecule has 0 saturated heterocycles. The quantitative estimate of drug-likeness (QED) is 0.666. The molecule has 0 aromatic heterocycles. The molecule has 0 unspecified atom stereocenters. The molecule has 1 fully saturated rings. The van der Waals surface area contributed by atoms with Gasteiger partial charge < -0.3 is 0 Å². The zero-order valence-electron chi connectivity index (χ0n) is 7.08. The molecule has 0 aromatic rings. The summed E-state index contributed by atoms with van der Waals surface area (Å²) in [5.41, 5.74) is 0. The van der Waals surface area contributed by atoms with E-state index in [1.165, 1.54) is 25.7 Å². The van der Waals surface area contributed by atoms with E-state index in [-0.39, 0.29) is 0 Å². The van der Waals surface area contributed by atoms with E-state index in [1.54, 1.807) is 4.17 Å². The molecule has 2 aliphatic carbocycles. The monoisotopic (exact) mass is 271 g/mol. The average molecular weight is 271 g/mol. The van der Waals surface area contributed by atoms with Gasteiger partial charge in [-0.15, -0.1) is 0 Å². The van der Waals surface area contributed by atoms with Crippen molar-refractivity contribution in [2.24, 2.45) is 0 Å². The molecule has 0 N–H and O–H groups in total. The van der Waals surface area contributed by atoms with Crippen LogP contribution in [0.1, 0.15) is 32.1 Å². The third-order valence-corrected chi connectivity index (χ3v) is 8.72. The predicted octanol–water partition coefficient (Wildman–Crippen LogP) is 3.96. The van der Waals surface area contributed by atoms with Crippen LogP contribution < -0.4 is 0 Å². The minimum absolute atomic E-state index is 0.905. The van der Waals surface area contributed by atoms with E-state index in [2.05, 4.69) is 18.2 Å². The Hall–Kier alpha value is 0.393. The molecule has 2 aliphatic rings. The van der Waals surface area contributed by atoms with Crippen molar-refractivity contribution in [1.29, 1.82) is 0 Å². The van der Waals surface area contributed by atoms with E-state index in [9.17, 15) is 0 Å². The van der Waals surface area contributed by atoms with Crippen LogP contribution >= 0.6 is 9.69 Å². The first-order valence-corrected chi connectivity index (χ1v) is 8.66. The number of hydrogen-bond acceptors (Lipinski definition) is 0. The molecule has 2 heteroatoms. The first-order valence-electron chi connectivity index (χ1n) is 4.55. The van der Waals surface area contributed by atoms with Crippen LogP contribution in [0, 0.1) is 0 Å². The number of rotatable bonds is 2. The van der Waals surface area contributed by atoms with Crippen LogP contribution in [0.3, 0.4) is 0 Å². The van der Waals surface area contributed by atoms with Gasteiger partial charge in [0.15, 0.2) is 0 Å². The van der Waals surface area contributed by atoms with Gasteiger partial charge in [-0.25, -0.2) is 0 Å². The van der Waals surface area contributed by atoms with E-state index in [0.717, 1.165) is 10.9 Å². The molecule has 69 valence electrons. The molecule has 0 heterocycles. The SMILES string of the molecule is [Cl][Ru]([C]1=CC=CC1)[CH]1CCCC1. The summed E-state index contributed by atoms with van der Waals surface area (Å²) < 4.78 is 2.48. The Labute approximate surface area is 83.6 Å². The first-order chi connectivity index (χ1) is 5.88. The van der Waals surface area contributed by atoms with Crippen molar-refractivity contribution in [2.75, 3.05) is 0 Å². The van der Waals surface area contributed by atoms with Crippen LogP contribution in [0.15, 0.2) is 22.4 Å². The molecule has 0 nitrogen and oxygen atoms in total. The first kappa shape index (κ1) is 8.97. The molecule has 0 aromatic carbocycles. The molecule has 0 spiro atoms. The molecule has 0 bridgehead atoms. The summed E-state index contributed by atoms with van der Waals surface area (Å²) in [6, 6.07) is 0. The van der Waals surface area contributed by atoms with Crippen molar-refractivity contribution in [2.45, 2.75) is 36.6 Å². The van der Waals surface area contributed by atoms with Gasteiger partial charge in [-0.2, -0.15) is 0 Å². The predicted molar refractivity (Wildman–Crippen MR) is 49.9 cm³/mol. The van der Waals surface area contributed by atoms with Gasteiger partial charge in [0.2, 0.25) is 0 Å². The Morgan fingerprint density at radius 1 is 1.33 bits per heavy atom. The van der Waals surface area contributed by atoms with E-state index >= 15 is 0 Å².